The summed E-state index contributed by atoms with van der Waals surface area (Å²) < 4.78 is 0. The first-order chi connectivity index (χ1) is 14.2. The Labute approximate surface area is 175 Å². The molecular formula is C21H28N4O5. The molecule has 162 valence electrons. The third-order valence-corrected chi connectivity index (χ3v) is 4.77. The Morgan fingerprint density at radius 3 is 2.30 bits per heavy atom. The zero-order valence-corrected chi connectivity index (χ0v) is 17.3. The molecule has 30 heavy (non-hydrogen) atoms. The van der Waals surface area contributed by atoms with Gasteiger partial charge in [-0.05, 0) is 44.7 Å². The minimum Gasteiger partial charge on any atom is -0.478 e. The Morgan fingerprint density at radius 2 is 1.80 bits per heavy atom. The van der Waals surface area contributed by atoms with E-state index in [0.717, 1.165) is 18.9 Å². The third-order valence-electron chi connectivity index (χ3n) is 4.77. The molecule has 0 radical (unpaired) electrons. The van der Waals surface area contributed by atoms with Crippen LogP contribution in [0.15, 0.2) is 36.5 Å². The number of rotatable bonds is 7. The van der Waals surface area contributed by atoms with Crippen molar-refractivity contribution in [2.24, 2.45) is 0 Å². The summed E-state index contributed by atoms with van der Waals surface area (Å²) in [6, 6.07) is 8.80. The van der Waals surface area contributed by atoms with Crippen molar-refractivity contribution in [2.75, 3.05) is 36.9 Å². The van der Waals surface area contributed by atoms with Gasteiger partial charge >= 0.3 is 11.9 Å². The van der Waals surface area contributed by atoms with Gasteiger partial charge in [-0.3, -0.25) is 0 Å². The summed E-state index contributed by atoms with van der Waals surface area (Å²) in [4.78, 5) is 27.7. The summed E-state index contributed by atoms with van der Waals surface area (Å²) in [5, 5.41) is 32.9. The molecule has 1 saturated heterocycles. The number of hydrogen-bond acceptors (Lipinski definition) is 7. The second-order valence-corrected chi connectivity index (χ2v) is 7.11. The Morgan fingerprint density at radius 1 is 1.20 bits per heavy atom. The molecule has 5 N–H and O–H groups in total. The van der Waals surface area contributed by atoms with E-state index in [1.165, 1.54) is 30.8 Å². The maximum absolute atomic E-state index is 10.6. The van der Waals surface area contributed by atoms with Crippen molar-refractivity contribution in [1.29, 1.82) is 0 Å². The van der Waals surface area contributed by atoms with E-state index >= 15 is 0 Å². The van der Waals surface area contributed by atoms with Crippen LogP contribution in [0, 0.1) is 6.92 Å². The van der Waals surface area contributed by atoms with E-state index in [1.807, 2.05) is 19.2 Å². The molecule has 0 aliphatic carbocycles. The first kappa shape index (κ1) is 23.1. The number of aliphatic hydroxyl groups is 1. The number of nitrogens with zero attached hydrogens (tertiary/aromatic N) is 2. The maximum atomic E-state index is 10.6. The van der Waals surface area contributed by atoms with E-state index in [2.05, 4.69) is 20.5 Å². The number of aliphatic hydroxyl groups excluding tert-OH is 1. The normalized spacial score (nSPS) is 14.2. The summed E-state index contributed by atoms with van der Waals surface area (Å²) in [7, 11) is 1.99. The fourth-order valence-corrected chi connectivity index (χ4v) is 2.94. The lowest BCUT2D eigenvalue weighted by atomic mass is 10.0. The maximum Gasteiger partial charge on any atom is 0.335 e. The van der Waals surface area contributed by atoms with Gasteiger partial charge in [-0.25, -0.2) is 14.6 Å². The zero-order valence-electron chi connectivity index (χ0n) is 17.3. The number of aromatic nitrogens is 1. The fourth-order valence-electron chi connectivity index (χ4n) is 2.94. The van der Waals surface area contributed by atoms with Crippen molar-refractivity contribution in [2.45, 2.75) is 26.0 Å². The molecule has 2 aromatic rings. The molecule has 0 saturated carbocycles. The van der Waals surface area contributed by atoms with Gasteiger partial charge in [0.05, 0.1) is 17.2 Å². The van der Waals surface area contributed by atoms with Crippen molar-refractivity contribution in [3.8, 4) is 0 Å². The van der Waals surface area contributed by atoms with E-state index in [1.54, 1.807) is 13.1 Å². The van der Waals surface area contributed by atoms with E-state index in [-0.39, 0.29) is 22.8 Å². The molecule has 2 heterocycles. The Balaban J connectivity index is 0.000000222. The van der Waals surface area contributed by atoms with Crippen LogP contribution in [-0.4, -0.2) is 71.1 Å². The van der Waals surface area contributed by atoms with Gasteiger partial charge in [0.1, 0.15) is 5.82 Å². The molecule has 1 atom stereocenters. The highest BCUT2D eigenvalue weighted by molar-refractivity contribution is 5.96. The van der Waals surface area contributed by atoms with Gasteiger partial charge in [-0.15, -0.1) is 0 Å². The van der Waals surface area contributed by atoms with E-state index in [0.29, 0.717) is 12.6 Å². The highest BCUT2D eigenvalue weighted by Crippen LogP contribution is 2.22. The summed E-state index contributed by atoms with van der Waals surface area (Å²) in [5.41, 5.74) is 1.52. The van der Waals surface area contributed by atoms with E-state index < -0.39 is 11.9 Å². The van der Waals surface area contributed by atoms with Crippen LogP contribution in [0.3, 0.4) is 0 Å². The molecule has 1 aromatic heterocycles. The first-order valence-corrected chi connectivity index (χ1v) is 9.59. The van der Waals surface area contributed by atoms with Crippen LogP contribution in [0.25, 0.3) is 0 Å². The second kappa shape index (κ2) is 10.6. The number of carbonyl (C=O) groups is 2. The molecule has 1 fully saturated rings. The smallest absolute Gasteiger partial charge is 0.335 e. The van der Waals surface area contributed by atoms with Gasteiger partial charge in [0.15, 0.2) is 0 Å². The van der Waals surface area contributed by atoms with Gasteiger partial charge < -0.3 is 30.9 Å². The molecule has 3 rings (SSSR count). The summed E-state index contributed by atoms with van der Waals surface area (Å²) >= 11 is 0. The van der Waals surface area contributed by atoms with Crippen LogP contribution in [0.2, 0.25) is 0 Å². The highest BCUT2D eigenvalue weighted by atomic mass is 16.4. The monoisotopic (exact) mass is 416 g/mol. The minimum atomic E-state index is -1.11. The number of hydrogen-bond donors (Lipinski definition) is 5. The number of anilines is 2. The molecule has 1 aliphatic heterocycles. The van der Waals surface area contributed by atoms with Gasteiger partial charge in [0.2, 0.25) is 0 Å². The third kappa shape index (κ3) is 6.16. The van der Waals surface area contributed by atoms with Crippen LogP contribution >= 0.6 is 0 Å². The molecule has 1 unspecified atom stereocenters. The number of carboxylic acids is 2. The molecular weight excluding hydrogens is 388 g/mol. The van der Waals surface area contributed by atoms with E-state index in [9.17, 15) is 14.7 Å². The average Bonchev–Trinajstić information content (AvgIpc) is 2.66. The van der Waals surface area contributed by atoms with Crippen molar-refractivity contribution in [3.63, 3.8) is 0 Å². The lowest BCUT2D eigenvalue weighted by Gasteiger charge is -2.40. The molecule has 0 spiro atoms. The van der Waals surface area contributed by atoms with Gasteiger partial charge in [-0.1, -0.05) is 6.07 Å². The van der Waals surface area contributed by atoms with Crippen molar-refractivity contribution >= 4 is 23.4 Å². The Hall–Kier alpha value is -3.17. The molecule has 9 nitrogen and oxygen atoms in total. The van der Waals surface area contributed by atoms with E-state index in [4.69, 9.17) is 10.2 Å². The summed E-state index contributed by atoms with van der Waals surface area (Å²) in [6.45, 7) is 5.83. The number of carboxylic acid groups (broad SMARTS) is 2. The minimum absolute atomic E-state index is 0.0277. The highest BCUT2D eigenvalue weighted by Gasteiger charge is 2.25. The van der Waals surface area contributed by atoms with Crippen molar-refractivity contribution in [1.82, 2.24) is 10.3 Å². The second-order valence-electron chi connectivity index (χ2n) is 7.11. The number of pyridine rings is 1. The Bertz CT molecular complexity index is 849. The molecule has 9 heteroatoms. The number of benzene rings is 1. The molecule has 1 aromatic carbocycles. The zero-order chi connectivity index (χ0) is 22.3. The SMILES string of the molecule is CNC1CN(c2ccnc(NCC(C)O)c2)C1.Cc1c(C(=O)O)cccc1C(=O)O. The van der Waals surface area contributed by atoms with Crippen molar-refractivity contribution < 1.29 is 24.9 Å². The standard InChI is InChI=1S/C12H20N4O.C9H8O4/c1-9(17)6-15-12-5-11(3-4-14-12)16-7-10(8-16)13-2;1-5-6(8(10)11)3-2-4-7(5)9(12)13/h3-5,9-10,13,17H,6-8H2,1-2H3,(H,14,15);2-4H,1H3,(H,10,11)(H,12,13). The largest absolute Gasteiger partial charge is 0.478 e. The fraction of sp³-hybridized carbons (Fsp3) is 0.381. The summed E-state index contributed by atoms with van der Waals surface area (Å²) in [6.07, 6.45) is 1.44. The molecule has 0 bridgehead atoms. The quantitative estimate of drug-likeness (QED) is 0.457. The lowest BCUT2D eigenvalue weighted by Crippen LogP contribution is -2.57. The first-order valence-electron chi connectivity index (χ1n) is 9.59. The predicted octanol–water partition coefficient (Wildman–Crippen LogP) is 1.67. The van der Waals surface area contributed by atoms with Gasteiger partial charge in [-0.2, -0.15) is 0 Å². The predicted molar refractivity (Wildman–Crippen MR) is 115 cm³/mol. The average molecular weight is 416 g/mol. The summed E-state index contributed by atoms with van der Waals surface area (Å²) in [5.74, 6) is -1.41. The number of aromatic carboxylic acids is 2. The molecule has 1 aliphatic rings. The van der Waals surface area contributed by atoms with Crippen LogP contribution in [0.5, 0.6) is 0 Å². The topological polar surface area (TPSA) is 135 Å². The van der Waals surface area contributed by atoms with Crippen LogP contribution in [-0.2, 0) is 0 Å². The van der Waals surface area contributed by atoms with Crippen molar-refractivity contribution in [3.05, 3.63) is 53.2 Å². The lowest BCUT2D eigenvalue weighted by molar-refractivity contribution is 0.0696. The van der Waals surface area contributed by atoms with Gasteiger partial charge in [0.25, 0.3) is 0 Å². The molecule has 0 amide bonds. The van der Waals surface area contributed by atoms with Crippen LogP contribution in [0.1, 0.15) is 33.2 Å². The Kier molecular flexibility index (Phi) is 8.14. The number of likely N-dealkylation sites (N-methyl/N-ethyl adjacent to an activating group) is 1. The van der Waals surface area contributed by atoms with Crippen LogP contribution < -0.4 is 15.5 Å². The number of nitrogens with one attached hydrogen (secondary N) is 2. The van der Waals surface area contributed by atoms with Gasteiger partial charge in [0, 0.05) is 43.6 Å². The van der Waals surface area contributed by atoms with Crippen LogP contribution in [0.4, 0.5) is 11.5 Å².